The summed E-state index contributed by atoms with van der Waals surface area (Å²) in [5, 5.41) is 2.87. The number of carbonyl (C=O) groups excluding carboxylic acids is 1. The van der Waals surface area contributed by atoms with E-state index in [2.05, 4.69) is 11.4 Å². The Hall–Kier alpha value is -0.830. The van der Waals surface area contributed by atoms with Gasteiger partial charge in [0.25, 0.3) is 0 Å². The van der Waals surface area contributed by atoms with E-state index in [1.807, 2.05) is 6.92 Å². The third-order valence-electron chi connectivity index (χ3n) is 2.53. The lowest BCUT2D eigenvalue weighted by atomic mass is 9.97. The molecule has 0 aliphatic heterocycles. The smallest absolute Gasteiger partial charge is 0.224 e. The van der Waals surface area contributed by atoms with E-state index in [0.717, 1.165) is 12.8 Å². The average molecular weight is 196 g/mol. The van der Waals surface area contributed by atoms with Crippen LogP contribution in [0.15, 0.2) is 11.6 Å². The molecule has 0 spiro atoms. The second-order valence-electron chi connectivity index (χ2n) is 3.99. The molecule has 0 fully saturated rings. The molecule has 1 unspecified atom stereocenters. The lowest BCUT2D eigenvalue weighted by Crippen LogP contribution is -2.37. The Morgan fingerprint density at radius 3 is 3.00 bits per heavy atom. The summed E-state index contributed by atoms with van der Waals surface area (Å²) in [6, 6.07) is 0.0895. The van der Waals surface area contributed by atoms with Gasteiger partial charge in [-0.1, -0.05) is 11.6 Å². The lowest BCUT2D eigenvalue weighted by molar-refractivity contribution is -0.121. The average Bonchev–Trinajstić information content (AvgIpc) is 2.19. The summed E-state index contributed by atoms with van der Waals surface area (Å²) < 4.78 is 0. The Morgan fingerprint density at radius 1 is 1.64 bits per heavy atom. The number of hydrogen-bond donors (Lipinski definition) is 2. The van der Waals surface area contributed by atoms with Gasteiger partial charge in [0.2, 0.25) is 5.91 Å². The first-order chi connectivity index (χ1) is 6.72. The summed E-state index contributed by atoms with van der Waals surface area (Å²) in [6.45, 7) is 2.43. The number of allylic oxidation sites excluding steroid dienone is 1. The van der Waals surface area contributed by atoms with Crippen molar-refractivity contribution in [3.05, 3.63) is 11.6 Å². The molecule has 0 aromatic heterocycles. The van der Waals surface area contributed by atoms with Crippen LogP contribution < -0.4 is 11.1 Å². The number of nitrogens with two attached hydrogens (primary N) is 1. The summed E-state index contributed by atoms with van der Waals surface area (Å²) >= 11 is 0. The number of amides is 1. The van der Waals surface area contributed by atoms with Gasteiger partial charge in [-0.2, -0.15) is 0 Å². The van der Waals surface area contributed by atoms with Crippen molar-refractivity contribution in [3.8, 4) is 0 Å². The maximum atomic E-state index is 11.5. The molecule has 0 aromatic carbocycles. The van der Waals surface area contributed by atoms with E-state index in [1.54, 1.807) is 0 Å². The van der Waals surface area contributed by atoms with Crippen LogP contribution in [0.1, 0.15) is 39.0 Å². The van der Waals surface area contributed by atoms with Gasteiger partial charge in [0.15, 0.2) is 0 Å². The maximum Gasteiger partial charge on any atom is 0.224 e. The van der Waals surface area contributed by atoms with Gasteiger partial charge >= 0.3 is 0 Å². The number of nitrogens with one attached hydrogen (secondary N) is 1. The van der Waals surface area contributed by atoms with Gasteiger partial charge in [-0.3, -0.25) is 4.79 Å². The van der Waals surface area contributed by atoms with E-state index in [4.69, 9.17) is 5.73 Å². The van der Waals surface area contributed by atoms with Crippen LogP contribution in [-0.4, -0.2) is 18.5 Å². The molecule has 0 saturated carbocycles. The van der Waals surface area contributed by atoms with E-state index in [9.17, 15) is 4.79 Å². The van der Waals surface area contributed by atoms with Crippen molar-refractivity contribution in [2.24, 2.45) is 5.73 Å². The van der Waals surface area contributed by atoms with E-state index in [-0.39, 0.29) is 11.9 Å². The molecule has 1 rings (SSSR count). The molecule has 3 N–H and O–H groups in total. The molecule has 0 bridgehead atoms. The van der Waals surface area contributed by atoms with Crippen LogP contribution in [0.2, 0.25) is 0 Å². The largest absolute Gasteiger partial charge is 0.352 e. The van der Waals surface area contributed by atoms with Crippen molar-refractivity contribution >= 4 is 5.91 Å². The molecule has 0 radical (unpaired) electrons. The Kier molecular flexibility index (Phi) is 4.66. The number of rotatable bonds is 4. The Labute approximate surface area is 85.7 Å². The molecular formula is C11H20N2O. The first-order valence-electron chi connectivity index (χ1n) is 5.39. The summed E-state index contributed by atoms with van der Waals surface area (Å²) in [5.74, 6) is 0.108. The number of hydrogen-bond acceptors (Lipinski definition) is 2. The minimum Gasteiger partial charge on any atom is -0.352 e. The van der Waals surface area contributed by atoms with Gasteiger partial charge in [0.1, 0.15) is 0 Å². The molecule has 3 heteroatoms. The minimum absolute atomic E-state index is 0.0895. The van der Waals surface area contributed by atoms with Crippen molar-refractivity contribution in [1.82, 2.24) is 5.32 Å². The zero-order valence-electron chi connectivity index (χ0n) is 8.88. The highest BCUT2D eigenvalue weighted by Crippen LogP contribution is 2.19. The second-order valence-corrected chi connectivity index (χ2v) is 3.99. The van der Waals surface area contributed by atoms with Gasteiger partial charge in [0, 0.05) is 19.0 Å². The van der Waals surface area contributed by atoms with Crippen LogP contribution in [0.3, 0.4) is 0 Å². The monoisotopic (exact) mass is 196 g/mol. The summed E-state index contributed by atoms with van der Waals surface area (Å²) in [5.41, 5.74) is 6.71. The van der Waals surface area contributed by atoms with Gasteiger partial charge < -0.3 is 11.1 Å². The van der Waals surface area contributed by atoms with E-state index in [0.29, 0.717) is 13.0 Å². The van der Waals surface area contributed by atoms with E-state index in [1.165, 1.54) is 18.4 Å². The topological polar surface area (TPSA) is 55.1 Å². The first kappa shape index (κ1) is 11.2. The Morgan fingerprint density at radius 2 is 2.43 bits per heavy atom. The van der Waals surface area contributed by atoms with Gasteiger partial charge in [0.05, 0.1) is 0 Å². The van der Waals surface area contributed by atoms with Crippen LogP contribution in [0.25, 0.3) is 0 Å². The Bertz CT molecular complexity index is 223. The summed E-state index contributed by atoms with van der Waals surface area (Å²) in [4.78, 5) is 11.5. The lowest BCUT2D eigenvalue weighted by Gasteiger charge is -2.15. The molecule has 1 aliphatic carbocycles. The molecule has 0 aromatic rings. The highest BCUT2D eigenvalue weighted by atomic mass is 16.1. The molecule has 3 nitrogen and oxygen atoms in total. The van der Waals surface area contributed by atoms with Gasteiger partial charge in [-0.25, -0.2) is 0 Å². The van der Waals surface area contributed by atoms with Crippen molar-refractivity contribution in [2.75, 3.05) is 6.54 Å². The third-order valence-corrected chi connectivity index (χ3v) is 2.53. The molecular weight excluding hydrogens is 176 g/mol. The SMILES string of the molecule is CC(CN)NC(=O)CC1=CCCCC1. The van der Waals surface area contributed by atoms with Crippen molar-refractivity contribution in [3.63, 3.8) is 0 Å². The molecule has 1 atom stereocenters. The molecule has 14 heavy (non-hydrogen) atoms. The fourth-order valence-electron chi connectivity index (χ4n) is 1.66. The predicted octanol–water partition coefficient (Wildman–Crippen LogP) is 1.34. The fourth-order valence-corrected chi connectivity index (χ4v) is 1.66. The fraction of sp³-hybridized carbons (Fsp3) is 0.727. The van der Waals surface area contributed by atoms with E-state index < -0.39 is 0 Å². The predicted molar refractivity (Wildman–Crippen MR) is 57.8 cm³/mol. The van der Waals surface area contributed by atoms with Gasteiger partial charge in [-0.05, 0) is 32.6 Å². The van der Waals surface area contributed by atoms with Crippen molar-refractivity contribution < 1.29 is 4.79 Å². The summed E-state index contributed by atoms with van der Waals surface area (Å²) in [6.07, 6.45) is 7.48. The van der Waals surface area contributed by atoms with Crippen LogP contribution in [-0.2, 0) is 4.79 Å². The van der Waals surface area contributed by atoms with Gasteiger partial charge in [-0.15, -0.1) is 0 Å². The normalized spacial score (nSPS) is 18.6. The van der Waals surface area contributed by atoms with E-state index >= 15 is 0 Å². The molecule has 0 saturated heterocycles. The standard InChI is InChI=1S/C11H20N2O/c1-9(8-12)13-11(14)7-10-5-3-2-4-6-10/h5,9H,2-4,6-8,12H2,1H3,(H,13,14). The molecule has 0 heterocycles. The summed E-state index contributed by atoms with van der Waals surface area (Å²) in [7, 11) is 0. The van der Waals surface area contributed by atoms with Crippen molar-refractivity contribution in [1.29, 1.82) is 0 Å². The minimum atomic E-state index is 0.0895. The van der Waals surface area contributed by atoms with Crippen LogP contribution in [0.4, 0.5) is 0 Å². The quantitative estimate of drug-likeness (QED) is 0.667. The van der Waals surface area contributed by atoms with Crippen molar-refractivity contribution in [2.45, 2.75) is 45.1 Å². The highest BCUT2D eigenvalue weighted by Gasteiger charge is 2.10. The molecule has 1 aliphatic rings. The third kappa shape index (κ3) is 3.92. The molecule has 80 valence electrons. The zero-order valence-corrected chi connectivity index (χ0v) is 8.88. The Balaban J connectivity index is 2.29. The second kappa shape index (κ2) is 5.81. The molecule has 1 amide bonds. The zero-order chi connectivity index (χ0) is 10.4. The maximum absolute atomic E-state index is 11.5. The number of carbonyl (C=O) groups is 1. The van der Waals surface area contributed by atoms with Crippen LogP contribution in [0, 0.1) is 0 Å². The highest BCUT2D eigenvalue weighted by molar-refractivity contribution is 5.78. The first-order valence-corrected chi connectivity index (χ1v) is 5.39. The van der Waals surface area contributed by atoms with Crippen LogP contribution in [0.5, 0.6) is 0 Å². The van der Waals surface area contributed by atoms with Crippen LogP contribution >= 0.6 is 0 Å².